The van der Waals surface area contributed by atoms with E-state index in [9.17, 15) is 14.9 Å². The number of hydrogen-bond acceptors (Lipinski definition) is 5. The van der Waals surface area contributed by atoms with Crippen LogP contribution in [0.5, 0.6) is 0 Å². The molecule has 0 bridgehead atoms. The third-order valence-electron chi connectivity index (χ3n) is 4.40. The van der Waals surface area contributed by atoms with Gasteiger partial charge >= 0.3 is 0 Å². The number of fused-ring (bicyclic) bond motifs is 1. The Balaban J connectivity index is 1.89. The molecule has 0 spiro atoms. The summed E-state index contributed by atoms with van der Waals surface area (Å²) in [6.45, 7) is 0. The number of rotatable bonds is 3. The Hall–Kier alpha value is -2.70. The van der Waals surface area contributed by atoms with Crippen molar-refractivity contribution in [1.29, 1.82) is 5.41 Å². The van der Waals surface area contributed by atoms with Crippen molar-refractivity contribution >= 4 is 22.6 Å². The number of nitro groups is 1. The zero-order valence-corrected chi connectivity index (χ0v) is 13.2. The zero-order chi connectivity index (χ0) is 17.1. The lowest BCUT2D eigenvalue weighted by Crippen LogP contribution is -2.36. The first kappa shape index (κ1) is 16.2. The molecule has 0 aliphatic heterocycles. The van der Waals surface area contributed by atoms with Crippen LogP contribution in [0.1, 0.15) is 48.9 Å². The summed E-state index contributed by atoms with van der Waals surface area (Å²) in [7, 11) is 0. The van der Waals surface area contributed by atoms with Gasteiger partial charge in [0, 0.05) is 23.6 Å². The first-order valence-electron chi connectivity index (χ1n) is 8.12. The molecular formula is C17H19N3O4. The summed E-state index contributed by atoms with van der Waals surface area (Å²) in [5.41, 5.74) is 0.136. The van der Waals surface area contributed by atoms with Crippen molar-refractivity contribution in [3.8, 4) is 0 Å². The van der Waals surface area contributed by atoms with Crippen LogP contribution in [-0.4, -0.2) is 16.9 Å². The molecule has 1 amide bonds. The van der Waals surface area contributed by atoms with Gasteiger partial charge < -0.3 is 9.73 Å². The molecule has 1 fully saturated rings. The van der Waals surface area contributed by atoms with Gasteiger partial charge in [-0.15, -0.1) is 0 Å². The SMILES string of the molecule is N=c1oc2ccc([N+](=O)[O-])cc2cc1C(=O)NC1CCCCCC1. The minimum absolute atomic E-state index is 0.0782. The number of benzene rings is 1. The second-order valence-corrected chi connectivity index (χ2v) is 6.13. The monoisotopic (exact) mass is 329 g/mol. The van der Waals surface area contributed by atoms with Crippen LogP contribution in [0.25, 0.3) is 11.0 Å². The third-order valence-corrected chi connectivity index (χ3v) is 4.40. The van der Waals surface area contributed by atoms with Crippen LogP contribution < -0.4 is 10.9 Å². The quantitative estimate of drug-likeness (QED) is 0.511. The van der Waals surface area contributed by atoms with Gasteiger partial charge in [-0.1, -0.05) is 25.7 Å². The molecule has 7 nitrogen and oxygen atoms in total. The number of nitro benzene ring substituents is 1. The molecule has 2 N–H and O–H groups in total. The second kappa shape index (κ2) is 6.82. The summed E-state index contributed by atoms with van der Waals surface area (Å²) in [5.74, 6) is -0.357. The largest absolute Gasteiger partial charge is 0.438 e. The van der Waals surface area contributed by atoms with E-state index in [2.05, 4.69) is 5.32 Å². The maximum absolute atomic E-state index is 12.5. The van der Waals surface area contributed by atoms with Gasteiger partial charge in [-0.05, 0) is 25.0 Å². The molecule has 126 valence electrons. The van der Waals surface area contributed by atoms with Gasteiger partial charge in [-0.3, -0.25) is 20.3 Å². The molecule has 1 aromatic heterocycles. The predicted molar refractivity (Wildman–Crippen MR) is 87.7 cm³/mol. The molecule has 3 rings (SSSR count). The van der Waals surface area contributed by atoms with Gasteiger partial charge in [0.05, 0.1) is 4.92 Å². The second-order valence-electron chi connectivity index (χ2n) is 6.13. The van der Waals surface area contributed by atoms with Gasteiger partial charge in [0.15, 0.2) is 0 Å². The van der Waals surface area contributed by atoms with E-state index in [-0.39, 0.29) is 28.8 Å². The lowest BCUT2D eigenvalue weighted by molar-refractivity contribution is -0.384. The molecule has 1 saturated carbocycles. The zero-order valence-electron chi connectivity index (χ0n) is 13.2. The number of hydrogen-bond donors (Lipinski definition) is 2. The van der Waals surface area contributed by atoms with Gasteiger partial charge in [0.1, 0.15) is 11.1 Å². The number of nitrogens with one attached hydrogen (secondary N) is 2. The van der Waals surface area contributed by atoms with Gasteiger partial charge in [-0.25, -0.2) is 0 Å². The van der Waals surface area contributed by atoms with E-state index in [1.807, 2.05) is 0 Å². The van der Waals surface area contributed by atoms with Crippen molar-refractivity contribution in [1.82, 2.24) is 5.32 Å². The highest BCUT2D eigenvalue weighted by molar-refractivity contribution is 5.96. The lowest BCUT2D eigenvalue weighted by Gasteiger charge is -2.16. The molecule has 2 aromatic rings. The topological polar surface area (TPSA) is 109 Å². The van der Waals surface area contributed by atoms with E-state index in [0.29, 0.717) is 11.0 Å². The van der Waals surface area contributed by atoms with E-state index < -0.39 is 4.92 Å². The Morgan fingerprint density at radius 3 is 2.58 bits per heavy atom. The maximum atomic E-state index is 12.5. The minimum Gasteiger partial charge on any atom is -0.438 e. The van der Waals surface area contributed by atoms with Crippen LogP contribution >= 0.6 is 0 Å². The summed E-state index contributed by atoms with van der Waals surface area (Å²) < 4.78 is 5.35. The standard InChI is InChI=1S/C17H19N3O4/c18-16-14(17(21)19-12-5-3-1-2-4-6-12)10-11-9-13(20(22)23)7-8-15(11)24-16/h7-10,12,18H,1-6H2,(H,19,21). The van der Waals surface area contributed by atoms with Crippen molar-refractivity contribution in [3.63, 3.8) is 0 Å². The number of nitrogens with zero attached hydrogens (tertiary/aromatic N) is 1. The fourth-order valence-electron chi connectivity index (χ4n) is 3.10. The minimum atomic E-state index is -0.501. The van der Waals surface area contributed by atoms with E-state index in [1.54, 1.807) is 0 Å². The molecule has 1 heterocycles. The normalized spacial score (nSPS) is 15.8. The van der Waals surface area contributed by atoms with E-state index in [0.717, 1.165) is 25.7 Å². The number of non-ortho nitro benzene ring substituents is 1. The highest BCUT2D eigenvalue weighted by atomic mass is 16.6. The Morgan fingerprint density at radius 2 is 1.92 bits per heavy atom. The van der Waals surface area contributed by atoms with Crippen molar-refractivity contribution in [2.75, 3.05) is 0 Å². The Morgan fingerprint density at radius 1 is 1.21 bits per heavy atom. The highest BCUT2D eigenvalue weighted by Crippen LogP contribution is 2.21. The van der Waals surface area contributed by atoms with Crippen LogP contribution in [0, 0.1) is 15.5 Å². The molecule has 1 aliphatic rings. The van der Waals surface area contributed by atoms with Gasteiger partial charge in [-0.2, -0.15) is 0 Å². The molecular weight excluding hydrogens is 310 g/mol. The summed E-state index contributed by atoms with van der Waals surface area (Å²) >= 11 is 0. The third kappa shape index (κ3) is 3.45. The van der Waals surface area contributed by atoms with Crippen molar-refractivity contribution < 1.29 is 14.1 Å². The molecule has 24 heavy (non-hydrogen) atoms. The van der Waals surface area contributed by atoms with Crippen LogP contribution in [0.4, 0.5) is 5.69 Å². The number of carbonyl (C=O) groups excluding carboxylic acids is 1. The molecule has 0 saturated heterocycles. The first-order chi connectivity index (χ1) is 11.5. The Kier molecular flexibility index (Phi) is 4.59. The molecule has 1 aromatic carbocycles. The van der Waals surface area contributed by atoms with Crippen LogP contribution in [-0.2, 0) is 0 Å². The predicted octanol–water partition coefficient (Wildman–Crippen LogP) is 3.27. The Bertz CT molecular complexity index is 835. The fourth-order valence-corrected chi connectivity index (χ4v) is 3.10. The first-order valence-corrected chi connectivity index (χ1v) is 8.12. The summed E-state index contributed by atoms with van der Waals surface area (Å²) in [5, 5.41) is 22.2. The molecule has 1 aliphatic carbocycles. The van der Waals surface area contributed by atoms with Gasteiger partial charge in [0.2, 0.25) is 5.55 Å². The fraction of sp³-hybridized carbons (Fsp3) is 0.412. The number of amides is 1. The van der Waals surface area contributed by atoms with Crippen LogP contribution in [0.15, 0.2) is 28.7 Å². The Labute approximate surface area is 138 Å². The van der Waals surface area contributed by atoms with Crippen molar-refractivity contribution in [3.05, 3.63) is 45.5 Å². The molecule has 0 unspecified atom stereocenters. The summed E-state index contributed by atoms with van der Waals surface area (Å²) in [6, 6.07) is 5.70. The van der Waals surface area contributed by atoms with Crippen molar-refractivity contribution in [2.45, 2.75) is 44.6 Å². The highest BCUT2D eigenvalue weighted by Gasteiger charge is 2.18. The molecule has 0 radical (unpaired) electrons. The van der Waals surface area contributed by atoms with E-state index >= 15 is 0 Å². The number of carbonyl (C=O) groups is 1. The maximum Gasteiger partial charge on any atom is 0.270 e. The molecule has 0 atom stereocenters. The smallest absolute Gasteiger partial charge is 0.270 e. The average molecular weight is 329 g/mol. The summed E-state index contributed by atoms with van der Waals surface area (Å²) in [6.07, 6.45) is 6.43. The van der Waals surface area contributed by atoms with Crippen LogP contribution in [0.3, 0.4) is 0 Å². The van der Waals surface area contributed by atoms with Gasteiger partial charge in [0.25, 0.3) is 11.6 Å². The van der Waals surface area contributed by atoms with Crippen LogP contribution in [0.2, 0.25) is 0 Å². The average Bonchev–Trinajstić information content (AvgIpc) is 2.82. The van der Waals surface area contributed by atoms with Crippen molar-refractivity contribution in [2.24, 2.45) is 0 Å². The van der Waals surface area contributed by atoms with E-state index in [1.165, 1.54) is 37.1 Å². The lowest BCUT2D eigenvalue weighted by atomic mass is 10.1. The van der Waals surface area contributed by atoms with E-state index in [4.69, 9.17) is 9.83 Å². The molecule has 7 heteroatoms. The summed E-state index contributed by atoms with van der Waals surface area (Å²) in [4.78, 5) is 22.9.